The summed E-state index contributed by atoms with van der Waals surface area (Å²) in [6, 6.07) is 9.06. The van der Waals surface area contributed by atoms with Crippen molar-refractivity contribution in [1.82, 2.24) is 0 Å². The van der Waals surface area contributed by atoms with Crippen molar-refractivity contribution >= 4 is 42.9 Å². The Kier molecular flexibility index (Phi) is 10.7. The van der Waals surface area contributed by atoms with Crippen LogP contribution in [0.2, 0.25) is 0 Å². The van der Waals surface area contributed by atoms with Crippen LogP contribution >= 0.6 is 37.2 Å². The molecule has 124 valence electrons. The number of halogens is 3. The van der Waals surface area contributed by atoms with Gasteiger partial charge in [-0.1, -0.05) is 12.1 Å². The first-order chi connectivity index (χ1) is 8.48. The maximum atomic E-state index is 6.49. The van der Waals surface area contributed by atoms with Gasteiger partial charge < -0.3 is 16.4 Å². The minimum atomic E-state index is -0.0461. The fraction of sp³-hybridized carbons (Fsp3) is 0.600. The Hall–Kier alpha value is -0.190. The Bertz CT molecular complexity index is 388. The predicted octanol–water partition coefficient (Wildman–Crippen LogP) is 3.16. The van der Waals surface area contributed by atoms with E-state index >= 15 is 0 Å². The summed E-state index contributed by atoms with van der Waals surface area (Å²) in [6.45, 7) is 0. The van der Waals surface area contributed by atoms with Crippen LogP contribution in [0.1, 0.15) is 31.2 Å². The number of rotatable bonds is 3. The smallest absolute Gasteiger partial charge is 0.0361 e. The summed E-state index contributed by atoms with van der Waals surface area (Å²) >= 11 is 0. The van der Waals surface area contributed by atoms with Gasteiger partial charge in [-0.25, -0.2) is 0 Å². The lowest BCUT2D eigenvalue weighted by Crippen LogP contribution is -2.47. The first-order valence-electron chi connectivity index (χ1n) is 6.79. The van der Waals surface area contributed by atoms with Crippen LogP contribution in [0.25, 0.3) is 0 Å². The Morgan fingerprint density at radius 2 is 1.52 bits per heavy atom. The maximum absolute atomic E-state index is 6.49. The third kappa shape index (κ3) is 6.62. The van der Waals surface area contributed by atoms with Crippen molar-refractivity contribution in [3.05, 3.63) is 29.8 Å². The zero-order chi connectivity index (χ0) is 13.2. The Labute approximate surface area is 147 Å². The van der Waals surface area contributed by atoms with E-state index in [-0.39, 0.29) is 42.8 Å². The zero-order valence-corrected chi connectivity index (χ0v) is 15.2. The van der Waals surface area contributed by atoms with E-state index in [4.69, 9.17) is 11.5 Å². The average Bonchev–Trinajstić information content (AvgIpc) is 2.34. The molecule has 1 aromatic carbocycles. The molecule has 0 radical (unpaired) electrons. The summed E-state index contributed by atoms with van der Waals surface area (Å²) in [7, 11) is 4.11. The first-order valence-corrected chi connectivity index (χ1v) is 6.79. The van der Waals surface area contributed by atoms with E-state index in [0.717, 1.165) is 32.1 Å². The van der Waals surface area contributed by atoms with Crippen LogP contribution < -0.4 is 16.4 Å². The molecule has 0 aliphatic heterocycles. The standard InChI is InChI=1S/C15H25N3.3ClH/c1-18(2)14-5-3-12(4-6-14)11-15(17)9-7-13(16)8-10-15;;;/h3-6,13H,7-11,16-17H2,1-2H3;3*1H. The zero-order valence-electron chi connectivity index (χ0n) is 12.7. The monoisotopic (exact) mass is 355 g/mol. The van der Waals surface area contributed by atoms with Crippen molar-refractivity contribution in [3.63, 3.8) is 0 Å². The highest BCUT2D eigenvalue weighted by Crippen LogP contribution is 2.29. The minimum absolute atomic E-state index is 0. The predicted molar refractivity (Wildman–Crippen MR) is 99.6 cm³/mol. The van der Waals surface area contributed by atoms with E-state index in [2.05, 4.69) is 43.3 Å². The molecule has 0 heterocycles. The molecule has 0 amide bonds. The summed E-state index contributed by atoms with van der Waals surface area (Å²) in [4.78, 5) is 2.11. The summed E-state index contributed by atoms with van der Waals surface area (Å²) < 4.78 is 0. The van der Waals surface area contributed by atoms with Gasteiger partial charge in [0, 0.05) is 31.4 Å². The number of anilines is 1. The SMILES string of the molecule is CN(C)c1ccc(CC2(N)CCC(N)CC2)cc1.Cl.Cl.Cl. The highest BCUT2D eigenvalue weighted by molar-refractivity contribution is 5.86. The molecule has 1 aliphatic rings. The van der Waals surface area contributed by atoms with Crippen LogP contribution in [0.5, 0.6) is 0 Å². The van der Waals surface area contributed by atoms with Crippen molar-refractivity contribution in [2.24, 2.45) is 11.5 Å². The summed E-state index contributed by atoms with van der Waals surface area (Å²) in [6.07, 6.45) is 5.18. The van der Waals surface area contributed by atoms with Gasteiger partial charge in [0.25, 0.3) is 0 Å². The molecule has 0 atom stereocenters. The molecular formula is C15H28Cl3N3. The molecule has 1 aliphatic carbocycles. The third-order valence-corrected chi connectivity index (χ3v) is 4.03. The lowest BCUT2D eigenvalue weighted by atomic mass is 9.77. The van der Waals surface area contributed by atoms with Crippen LogP contribution in [-0.2, 0) is 6.42 Å². The quantitative estimate of drug-likeness (QED) is 0.874. The van der Waals surface area contributed by atoms with E-state index in [1.807, 2.05) is 0 Å². The molecule has 0 saturated heterocycles. The van der Waals surface area contributed by atoms with Gasteiger partial charge in [-0.15, -0.1) is 37.2 Å². The lowest BCUT2D eigenvalue weighted by Gasteiger charge is -2.36. The van der Waals surface area contributed by atoms with Gasteiger partial charge in [0.1, 0.15) is 0 Å². The van der Waals surface area contributed by atoms with Crippen molar-refractivity contribution in [3.8, 4) is 0 Å². The lowest BCUT2D eigenvalue weighted by molar-refractivity contribution is 0.271. The Morgan fingerprint density at radius 1 is 1.05 bits per heavy atom. The largest absolute Gasteiger partial charge is 0.378 e. The summed E-state index contributed by atoms with van der Waals surface area (Å²) in [5.74, 6) is 0. The number of nitrogens with two attached hydrogens (primary N) is 2. The molecule has 0 aromatic heterocycles. The van der Waals surface area contributed by atoms with Crippen LogP contribution in [0.3, 0.4) is 0 Å². The van der Waals surface area contributed by atoms with Gasteiger partial charge in [0.2, 0.25) is 0 Å². The highest BCUT2D eigenvalue weighted by Gasteiger charge is 2.30. The van der Waals surface area contributed by atoms with Crippen molar-refractivity contribution < 1.29 is 0 Å². The molecule has 1 fully saturated rings. The maximum Gasteiger partial charge on any atom is 0.0361 e. The molecule has 1 aromatic rings. The van der Waals surface area contributed by atoms with Crippen LogP contribution in [-0.4, -0.2) is 25.7 Å². The van der Waals surface area contributed by atoms with Gasteiger partial charge in [0.05, 0.1) is 0 Å². The molecule has 0 unspecified atom stereocenters. The molecule has 3 nitrogen and oxygen atoms in total. The highest BCUT2D eigenvalue weighted by atomic mass is 35.5. The van der Waals surface area contributed by atoms with Crippen LogP contribution in [0, 0.1) is 0 Å². The van der Waals surface area contributed by atoms with E-state index in [1.54, 1.807) is 0 Å². The second-order valence-corrected chi connectivity index (χ2v) is 5.94. The van der Waals surface area contributed by atoms with Gasteiger partial charge >= 0.3 is 0 Å². The third-order valence-electron chi connectivity index (χ3n) is 4.03. The minimum Gasteiger partial charge on any atom is -0.378 e. The van der Waals surface area contributed by atoms with E-state index in [9.17, 15) is 0 Å². The van der Waals surface area contributed by atoms with Gasteiger partial charge in [-0.2, -0.15) is 0 Å². The Balaban J connectivity index is 0. The second-order valence-electron chi connectivity index (χ2n) is 5.94. The van der Waals surface area contributed by atoms with Crippen molar-refractivity contribution in [2.45, 2.75) is 43.7 Å². The van der Waals surface area contributed by atoms with E-state index < -0.39 is 0 Å². The fourth-order valence-electron chi connectivity index (χ4n) is 2.71. The molecule has 6 heteroatoms. The van der Waals surface area contributed by atoms with Gasteiger partial charge in [0.15, 0.2) is 0 Å². The molecule has 0 spiro atoms. The number of hydrogen-bond acceptors (Lipinski definition) is 3. The Morgan fingerprint density at radius 3 is 1.95 bits per heavy atom. The van der Waals surface area contributed by atoms with Crippen LogP contribution in [0.4, 0.5) is 5.69 Å². The van der Waals surface area contributed by atoms with Crippen molar-refractivity contribution in [2.75, 3.05) is 19.0 Å². The molecular weight excluding hydrogens is 329 g/mol. The molecule has 0 bridgehead atoms. The molecule has 2 rings (SSSR count). The topological polar surface area (TPSA) is 55.3 Å². The number of hydrogen-bond donors (Lipinski definition) is 2. The van der Waals surface area contributed by atoms with E-state index in [0.29, 0.717) is 6.04 Å². The molecule has 21 heavy (non-hydrogen) atoms. The van der Waals surface area contributed by atoms with E-state index in [1.165, 1.54) is 11.3 Å². The van der Waals surface area contributed by atoms with Crippen molar-refractivity contribution in [1.29, 1.82) is 0 Å². The van der Waals surface area contributed by atoms with Crippen LogP contribution in [0.15, 0.2) is 24.3 Å². The first kappa shape index (κ1) is 23.1. The number of nitrogens with zero attached hydrogens (tertiary/aromatic N) is 1. The van der Waals surface area contributed by atoms with Gasteiger partial charge in [-0.3, -0.25) is 0 Å². The summed E-state index contributed by atoms with van der Waals surface area (Å²) in [5, 5.41) is 0. The average molecular weight is 357 g/mol. The second kappa shape index (κ2) is 9.75. The van der Waals surface area contributed by atoms with Gasteiger partial charge in [-0.05, 0) is 49.8 Å². The normalized spacial score (nSPS) is 24.1. The fourth-order valence-corrected chi connectivity index (χ4v) is 2.71. The summed E-state index contributed by atoms with van der Waals surface area (Å²) in [5.41, 5.74) is 14.9. The molecule has 1 saturated carbocycles. The number of benzene rings is 1. The molecule has 4 N–H and O–H groups in total.